The van der Waals surface area contributed by atoms with Crippen molar-refractivity contribution in [2.24, 2.45) is 30.7 Å². The summed E-state index contributed by atoms with van der Waals surface area (Å²) in [6.07, 6.45) is 0.0169. The van der Waals surface area contributed by atoms with E-state index in [1.165, 1.54) is 0 Å². The van der Waals surface area contributed by atoms with Gasteiger partial charge in [-0.25, -0.2) is 0 Å². The first-order chi connectivity index (χ1) is 10.8. The number of nitrogens with zero attached hydrogens (tertiary/aromatic N) is 2. The molecule has 0 saturated heterocycles. The molecule has 4 rings (SSSR count). The fraction of sp³-hybridized carbons (Fsp3) is 0.750. The molecule has 2 bridgehead atoms. The van der Waals surface area contributed by atoms with E-state index in [-0.39, 0.29) is 12.5 Å². The SMILES string of the molecule is Cc1c(CNC(=O)[C@H]2C3CCC(CC3)[C@@H]2C(F)(F)F)cnn1C. The van der Waals surface area contributed by atoms with Crippen LogP contribution in [0.4, 0.5) is 13.2 Å². The van der Waals surface area contributed by atoms with Gasteiger partial charge in [-0.2, -0.15) is 18.3 Å². The second kappa shape index (κ2) is 5.83. The van der Waals surface area contributed by atoms with Gasteiger partial charge >= 0.3 is 6.18 Å². The highest BCUT2D eigenvalue weighted by Crippen LogP contribution is 2.54. The maximum absolute atomic E-state index is 13.4. The first-order valence-corrected chi connectivity index (χ1v) is 8.11. The Morgan fingerprint density at radius 2 is 1.91 bits per heavy atom. The highest BCUT2D eigenvalue weighted by Gasteiger charge is 2.57. The average molecular weight is 329 g/mol. The molecule has 3 aliphatic carbocycles. The Kier molecular flexibility index (Phi) is 4.14. The average Bonchev–Trinajstić information content (AvgIpc) is 2.83. The summed E-state index contributed by atoms with van der Waals surface area (Å²) in [5.41, 5.74) is 1.74. The van der Waals surface area contributed by atoms with Crippen molar-refractivity contribution in [3.05, 3.63) is 17.5 Å². The Balaban J connectivity index is 1.73. The van der Waals surface area contributed by atoms with Crippen LogP contribution in [0.15, 0.2) is 6.20 Å². The molecule has 1 N–H and O–H groups in total. The molecule has 7 heteroatoms. The molecule has 23 heavy (non-hydrogen) atoms. The highest BCUT2D eigenvalue weighted by atomic mass is 19.4. The Hall–Kier alpha value is -1.53. The summed E-state index contributed by atoms with van der Waals surface area (Å²) in [7, 11) is 1.79. The molecule has 1 aromatic heterocycles. The zero-order valence-corrected chi connectivity index (χ0v) is 13.4. The number of halogens is 3. The summed E-state index contributed by atoms with van der Waals surface area (Å²) in [6, 6.07) is 0. The summed E-state index contributed by atoms with van der Waals surface area (Å²) in [4.78, 5) is 12.5. The molecule has 1 amide bonds. The van der Waals surface area contributed by atoms with Crippen molar-refractivity contribution in [3.8, 4) is 0 Å². The van der Waals surface area contributed by atoms with E-state index in [4.69, 9.17) is 0 Å². The maximum atomic E-state index is 13.4. The minimum Gasteiger partial charge on any atom is -0.352 e. The largest absolute Gasteiger partial charge is 0.392 e. The highest BCUT2D eigenvalue weighted by molar-refractivity contribution is 5.79. The molecule has 1 aromatic rings. The first kappa shape index (κ1) is 16.3. The zero-order valence-electron chi connectivity index (χ0n) is 13.4. The summed E-state index contributed by atoms with van der Waals surface area (Å²) < 4.78 is 42.0. The fourth-order valence-electron chi connectivity index (χ4n) is 4.32. The number of alkyl halides is 3. The van der Waals surface area contributed by atoms with E-state index in [2.05, 4.69) is 10.4 Å². The lowest BCUT2D eigenvalue weighted by molar-refractivity contribution is -0.229. The minimum atomic E-state index is -4.30. The number of aryl methyl sites for hydroxylation is 1. The summed E-state index contributed by atoms with van der Waals surface area (Å²) in [6.45, 7) is 2.10. The van der Waals surface area contributed by atoms with Gasteiger partial charge in [-0.15, -0.1) is 0 Å². The Bertz CT molecular complexity index is 588. The van der Waals surface area contributed by atoms with Gasteiger partial charge < -0.3 is 5.32 Å². The monoisotopic (exact) mass is 329 g/mol. The number of carbonyl (C=O) groups is 1. The van der Waals surface area contributed by atoms with Gasteiger partial charge in [0, 0.05) is 24.8 Å². The third kappa shape index (κ3) is 2.97. The molecule has 3 fully saturated rings. The molecule has 0 spiro atoms. The predicted molar refractivity (Wildman–Crippen MR) is 78.3 cm³/mol. The second-order valence-electron chi connectivity index (χ2n) is 6.86. The van der Waals surface area contributed by atoms with Gasteiger partial charge in [-0.05, 0) is 44.4 Å². The molecule has 0 aliphatic heterocycles. The predicted octanol–water partition coefficient (Wildman–Crippen LogP) is 2.96. The van der Waals surface area contributed by atoms with Crippen LogP contribution in [-0.4, -0.2) is 21.9 Å². The van der Waals surface area contributed by atoms with Crippen LogP contribution in [0.3, 0.4) is 0 Å². The van der Waals surface area contributed by atoms with Gasteiger partial charge in [0.05, 0.1) is 18.0 Å². The summed E-state index contributed by atoms with van der Waals surface area (Å²) in [5, 5.41) is 6.80. The van der Waals surface area contributed by atoms with Crippen molar-refractivity contribution < 1.29 is 18.0 Å². The summed E-state index contributed by atoms with van der Waals surface area (Å²) in [5.74, 6) is -3.40. The topological polar surface area (TPSA) is 46.9 Å². The molecular weight excluding hydrogens is 307 g/mol. The van der Waals surface area contributed by atoms with Crippen LogP contribution in [0.25, 0.3) is 0 Å². The molecule has 0 unspecified atom stereocenters. The number of hydrogen-bond acceptors (Lipinski definition) is 2. The van der Waals surface area contributed by atoms with Crippen LogP contribution in [0, 0.1) is 30.6 Å². The normalized spacial score (nSPS) is 30.5. The van der Waals surface area contributed by atoms with Crippen molar-refractivity contribution in [3.63, 3.8) is 0 Å². The number of amides is 1. The Labute approximate surface area is 133 Å². The quantitative estimate of drug-likeness (QED) is 0.927. The van der Waals surface area contributed by atoms with Crippen LogP contribution in [0.1, 0.15) is 36.9 Å². The first-order valence-electron chi connectivity index (χ1n) is 8.11. The number of hydrogen-bond donors (Lipinski definition) is 1. The number of nitrogens with one attached hydrogen (secondary N) is 1. The van der Waals surface area contributed by atoms with E-state index in [0.717, 1.165) is 24.1 Å². The second-order valence-corrected chi connectivity index (χ2v) is 6.86. The van der Waals surface area contributed by atoms with Crippen LogP contribution in [0.5, 0.6) is 0 Å². The van der Waals surface area contributed by atoms with E-state index in [1.54, 1.807) is 17.9 Å². The van der Waals surface area contributed by atoms with E-state index >= 15 is 0 Å². The smallest absolute Gasteiger partial charge is 0.352 e. The third-order valence-corrected chi connectivity index (χ3v) is 5.69. The van der Waals surface area contributed by atoms with Gasteiger partial charge in [0.25, 0.3) is 0 Å². The van der Waals surface area contributed by atoms with Crippen molar-refractivity contribution in [2.75, 3.05) is 0 Å². The molecule has 1 heterocycles. The van der Waals surface area contributed by atoms with Crippen molar-refractivity contribution >= 4 is 5.91 Å². The zero-order chi connectivity index (χ0) is 16.8. The van der Waals surface area contributed by atoms with Crippen molar-refractivity contribution in [2.45, 2.75) is 45.3 Å². The molecule has 3 aliphatic rings. The molecule has 0 aromatic carbocycles. The molecule has 128 valence electrons. The van der Waals surface area contributed by atoms with E-state index in [0.29, 0.717) is 12.8 Å². The lowest BCUT2D eigenvalue weighted by Gasteiger charge is -2.48. The Morgan fingerprint density at radius 3 is 2.43 bits per heavy atom. The van der Waals surface area contributed by atoms with E-state index in [1.807, 2.05) is 6.92 Å². The fourth-order valence-corrected chi connectivity index (χ4v) is 4.32. The van der Waals surface area contributed by atoms with Crippen LogP contribution < -0.4 is 5.32 Å². The van der Waals surface area contributed by atoms with Gasteiger partial charge in [0.2, 0.25) is 5.91 Å². The maximum Gasteiger partial charge on any atom is 0.392 e. The van der Waals surface area contributed by atoms with Crippen LogP contribution in [0.2, 0.25) is 0 Å². The molecule has 4 nitrogen and oxygen atoms in total. The van der Waals surface area contributed by atoms with E-state index in [9.17, 15) is 18.0 Å². The third-order valence-electron chi connectivity index (χ3n) is 5.69. The van der Waals surface area contributed by atoms with Crippen molar-refractivity contribution in [1.29, 1.82) is 0 Å². The van der Waals surface area contributed by atoms with Crippen LogP contribution >= 0.6 is 0 Å². The number of aromatic nitrogens is 2. The molecule has 0 radical (unpaired) electrons. The van der Waals surface area contributed by atoms with Gasteiger partial charge in [-0.3, -0.25) is 9.48 Å². The minimum absolute atomic E-state index is 0.137. The van der Waals surface area contributed by atoms with Gasteiger partial charge in [0.1, 0.15) is 0 Å². The van der Waals surface area contributed by atoms with E-state index < -0.39 is 29.8 Å². The van der Waals surface area contributed by atoms with Crippen molar-refractivity contribution in [1.82, 2.24) is 15.1 Å². The molecule has 2 atom stereocenters. The van der Waals surface area contributed by atoms with Crippen LogP contribution in [-0.2, 0) is 18.4 Å². The lowest BCUT2D eigenvalue weighted by Crippen LogP contribution is -2.53. The number of rotatable bonds is 3. The van der Waals surface area contributed by atoms with Gasteiger partial charge in [-0.1, -0.05) is 0 Å². The lowest BCUT2D eigenvalue weighted by atomic mass is 9.58. The van der Waals surface area contributed by atoms with Gasteiger partial charge in [0.15, 0.2) is 0 Å². The summed E-state index contributed by atoms with van der Waals surface area (Å²) >= 11 is 0. The molecular formula is C16H22F3N3O. The standard InChI is InChI=1S/C16H22F3N3O/c1-9-12(8-21-22(9)2)7-20-15(23)13-10-3-5-11(6-4-10)14(13)16(17,18)19/h8,10-11,13-14H,3-7H2,1-2H3,(H,20,23)/t10?,11?,13-,14-/m0/s1. The Morgan fingerprint density at radius 1 is 1.30 bits per heavy atom. The molecule has 3 saturated carbocycles. The number of carbonyl (C=O) groups excluding carboxylic acids is 1. The number of fused-ring (bicyclic) bond motifs is 3.